The van der Waals surface area contributed by atoms with Crippen LogP contribution < -0.4 is 10.6 Å². The number of benzene rings is 1. The standard InChI is InChI=1S/C22H22N4O3/c1-14(2)21(28)26-19-11-16(8-9-24-19)22(29)25-18-10-17(12-23-13-18)20(27)15-6-4-3-5-7-15/h3-14,20,27H,1-2H3,(H,25,29)(H,24,26,28). The van der Waals surface area contributed by atoms with E-state index in [0.717, 1.165) is 5.56 Å². The number of amides is 2. The summed E-state index contributed by atoms with van der Waals surface area (Å²) in [5.41, 5.74) is 2.09. The van der Waals surface area contributed by atoms with Gasteiger partial charge in [-0.05, 0) is 23.8 Å². The number of anilines is 2. The molecular weight excluding hydrogens is 368 g/mol. The summed E-state index contributed by atoms with van der Waals surface area (Å²) in [6, 6.07) is 13.9. The summed E-state index contributed by atoms with van der Waals surface area (Å²) in [5, 5.41) is 16.0. The first-order valence-electron chi connectivity index (χ1n) is 9.20. The third kappa shape index (κ3) is 5.24. The van der Waals surface area contributed by atoms with Crippen LogP contribution in [0.2, 0.25) is 0 Å². The number of nitrogens with zero attached hydrogens (tertiary/aromatic N) is 2. The number of hydrogen-bond donors (Lipinski definition) is 3. The van der Waals surface area contributed by atoms with E-state index in [1.54, 1.807) is 32.2 Å². The molecule has 1 unspecified atom stereocenters. The molecule has 148 valence electrons. The average Bonchev–Trinajstić information content (AvgIpc) is 2.74. The Morgan fingerprint density at radius 1 is 0.966 bits per heavy atom. The van der Waals surface area contributed by atoms with Gasteiger partial charge < -0.3 is 15.7 Å². The number of aliphatic hydroxyl groups excluding tert-OH is 1. The van der Waals surface area contributed by atoms with Crippen molar-refractivity contribution in [1.82, 2.24) is 9.97 Å². The lowest BCUT2D eigenvalue weighted by Gasteiger charge is -2.13. The normalized spacial score (nSPS) is 11.7. The van der Waals surface area contributed by atoms with E-state index in [1.165, 1.54) is 18.5 Å². The Kier molecular flexibility index (Phi) is 6.31. The number of carbonyl (C=O) groups excluding carboxylic acids is 2. The van der Waals surface area contributed by atoms with Gasteiger partial charge in [0.25, 0.3) is 5.91 Å². The molecule has 7 nitrogen and oxygen atoms in total. The molecule has 2 amide bonds. The van der Waals surface area contributed by atoms with Crippen LogP contribution in [-0.4, -0.2) is 26.9 Å². The van der Waals surface area contributed by atoms with Gasteiger partial charge in [0, 0.05) is 29.4 Å². The Labute approximate surface area is 168 Å². The van der Waals surface area contributed by atoms with Gasteiger partial charge in [-0.2, -0.15) is 0 Å². The number of rotatable bonds is 6. The molecule has 2 aromatic heterocycles. The van der Waals surface area contributed by atoms with Gasteiger partial charge in [0.2, 0.25) is 5.91 Å². The van der Waals surface area contributed by atoms with Gasteiger partial charge in [0.15, 0.2) is 0 Å². The van der Waals surface area contributed by atoms with Crippen LogP contribution in [0.3, 0.4) is 0 Å². The van der Waals surface area contributed by atoms with Crippen LogP contribution >= 0.6 is 0 Å². The number of pyridine rings is 2. The Bertz CT molecular complexity index is 1010. The number of nitrogens with one attached hydrogen (secondary N) is 2. The van der Waals surface area contributed by atoms with E-state index in [-0.39, 0.29) is 17.7 Å². The van der Waals surface area contributed by atoms with E-state index in [1.807, 2.05) is 30.3 Å². The molecule has 0 aliphatic rings. The first-order valence-corrected chi connectivity index (χ1v) is 9.20. The quantitative estimate of drug-likeness (QED) is 0.598. The highest BCUT2D eigenvalue weighted by molar-refractivity contribution is 6.05. The lowest BCUT2D eigenvalue weighted by Crippen LogP contribution is -2.19. The highest BCUT2D eigenvalue weighted by Crippen LogP contribution is 2.23. The van der Waals surface area contributed by atoms with Gasteiger partial charge in [-0.25, -0.2) is 4.98 Å². The predicted octanol–water partition coefficient (Wildman–Crippen LogP) is 3.41. The molecule has 2 heterocycles. The van der Waals surface area contributed by atoms with Crippen molar-refractivity contribution < 1.29 is 14.7 Å². The summed E-state index contributed by atoms with van der Waals surface area (Å²) in [6.45, 7) is 3.55. The molecular formula is C22H22N4O3. The second-order valence-electron chi connectivity index (χ2n) is 6.85. The molecule has 3 rings (SSSR count). The van der Waals surface area contributed by atoms with E-state index in [4.69, 9.17) is 0 Å². The highest BCUT2D eigenvalue weighted by atomic mass is 16.3. The summed E-state index contributed by atoms with van der Waals surface area (Å²) in [4.78, 5) is 32.6. The summed E-state index contributed by atoms with van der Waals surface area (Å²) < 4.78 is 0. The van der Waals surface area contributed by atoms with Crippen molar-refractivity contribution in [3.8, 4) is 0 Å². The molecule has 3 aromatic rings. The molecule has 0 radical (unpaired) electrons. The molecule has 0 fully saturated rings. The van der Waals surface area contributed by atoms with E-state index >= 15 is 0 Å². The zero-order valence-corrected chi connectivity index (χ0v) is 16.2. The van der Waals surface area contributed by atoms with Gasteiger partial charge >= 0.3 is 0 Å². The van der Waals surface area contributed by atoms with Gasteiger partial charge in [-0.3, -0.25) is 14.6 Å². The van der Waals surface area contributed by atoms with E-state index in [0.29, 0.717) is 22.6 Å². The van der Waals surface area contributed by atoms with Crippen LogP contribution in [0.15, 0.2) is 67.1 Å². The van der Waals surface area contributed by atoms with Gasteiger partial charge in [0.1, 0.15) is 11.9 Å². The minimum atomic E-state index is -0.848. The maximum atomic E-state index is 12.6. The van der Waals surface area contributed by atoms with Crippen molar-refractivity contribution in [2.45, 2.75) is 20.0 Å². The van der Waals surface area contributed by atoms with Crippen molar-refractivity contribution in [3.05, 3.63) is 83.8 Å². The number of aromatic nitrogens is 2. The van der Waals surface area contributed by atoms with E-state index in [2.05, 4.69) is 20.6 Å². The molecule has 0 aliphatic heterocycles. The minimum Gasteiger partial charge on any atom is -0.384 e. The lowest BCUT2D eigenvalue weighted by molar-refractivity contribution is -0.118. The zero-order valence-electron chi connectivity index (χ0n) is 16.2. The van der Waals surface area contributed by atoms with Crippen LogP contribution in [0.25, 0.3) is 0 Å². The van der Waals surface area contributed by atoms with Gasteiger partial charge in [-0.15, -0.1) is 0 Å². The molecule has 1 aromatic carbocycles. The largest absolute Gasteiger partial charge is 0.384 e. The average molecular weight is 390 g/mol. The van der Waals surface area contributed by atoms with Crippen LogP contribution in [0.5, 0.6) is 0 Å². The topological polar surface area (TPSA) is 104 Å². The number of hydrogen-bond acceptors (Lipinski definition) is 5. The SMILES string of the molecule is CC(C)C(=O)Nc1cc(C(=O)Nc2cncc(C(O)c3ccccc3)c2)ccn1. The number of aliphatic hydroxyl groups is 1. The molecule has 1 atom stereocenters. The molecule has 7 heteroatoms. The first-order chi connectivity index (χ1) is 13.9. The summed E-state index contributed by atoms with van der Waals surface area (Å²) in [5.74, 6) is -0.440. The lowest BCUT2D eigenvalue weighted by atomic mass is 10.0. The Morgan fingerprint density at radius 2 is 1.72 bits per heavy atom. The Hall–Kier alpha value is -3.58. The van der Waals surface area contributed by atoms with Gasteiger partial charge in [0.05, 0.1) is 11.9 Å². The van der Waals surface area contributed by atoms with Crippen LogP contribution in [0, 0.1) is 5.92 Å². The van der Waals surface area contributed by atoms with Crippen LogP contribution in [-0.2, 0) is 4.79 Å². The fourth-order valence-electron chi connectivity index (χ4n) is 2.62. The van der Waals surface area contributed by atoms with Crippen molar-refractivity contribution in [2.75, 3.05) is 10.6 Å². The third-order valence-electron chi connectivity index (χ3n) is 4.25. The second kappa shape index (κ2) is 9.07. The molecule has 3 N–H and O–H groups in total. The van der Waals surface area contributed by atoms with Crippen molar-refractivity contribution >= 4 is 23.3 Å². The zero-order chi connectivity index (χ0) is 20.8. The number of carbonyl (C=O) groups is 2. The van der Waals surface area contributed by atoms with E-state index < -0.39 is 6.10 Å². The summed E-state index contributed by atoms with van der Waals surface area (Å²) in [7, 11) is 0. The van der Waals surface area contributed by atoms with Gasteiger partial charge in [-0.1, -0.05) is 44.2 Å². The predicted molar refractivity (Wildman–Crippen MR) is 110 cm³/mol. The van der Waals surface area contributed by atoms with Crippen molar-refractivity contribution in [3.63, 3.8) is 0 Å². The smallest absolute Gasteiger partial charge is 0.255 e. The molecule has 0 aliphatic carbocycles. The molecule has 0 bridgehead atoms. The second-order valence-corrected chi connectivity index (χ2v) is 6.85. The van der Waals surface area contributed by atoms with Crippen molar-refractivity contribution in [2.24, 2.45) is 5.92 Å². The molecule has 0 saturated carbocycles. The van der Waals surface area contributed by atoms with Crippen molar-refractivity contribution in [1.29, 1.82) is 0 Å². The summed E-state index contributed by atoms with van der Waals surface area (Å²) in [6.07, 6.45) is 3.67. The minimum absolute atomic E-state index is 0.179. The fourth-order valence-corrected chi connectivity index (χ4v) is 2.62. The monoisotopic (exact) mass is 390 g/mol. The Morgan fingerprint density at radius 3 is 2.45 bits per heavy atom. The van der Waals surface area contributed by atoms with E-state index in [9.17, 15) is 14.7 Å². The van der Waals surface area contributed by atoms with Crippen LogP contribution in [0.4, 0.5) is 11.5 Å². The summed E-state index contributed by atoms with van der Waals surface area (Å²) >= 11 is 0. The molecule has 29 heavy (non-hydrogen) atoms. The Balaban J connectivity index is 1.74. The maximum absolute atomic E-state index is 12.6. The molecule has 0 saturated heterocycles. The molecule has 0 spiro atoms. The first kappa shape index (κ1) is 20.2. The maximum Gasteiger partial charge on any atom is 0.255 e. The van der Waals surface area contributed by atoms with Crippen LogP contribution in [0.1, 0.15) is 41.4 Å². The fraction of sp³-hybridized carbons (Fsp3) is 0.182. The highest BCUT2D eigenvalue weighted by Gasteiger charge is 2.14. The third-order valence-corrected chi connectivity index (χ3v) is 4.25.